The fourth-order valence-electron chi connectivity index (χ4n) is 4.42. The zero-order chi connectivity index (χ0) is 31.5. The van der Waals surface area contributed by atoms with Crippen LogP contribution in [0.15, 0.2) is 60.8 Å². The van der Waals surface area contributed by atoms with Gasteiger partial charge in [-0.15, -0.1) is 0 Å². The number of amides is 3. The molecule has 0 saturated heterocycles. The van der Waals surface area contributed by atoms with Gasteiger partial charge in [0.1, 0.15) is 18.1 Å². The third-order valence-corrected chi connectivity index (χ3v) is 6.64. The Kier molecular flexibility index (Phi) is 11.3. The van der Waals surface area contributed by atoms with Gasteiger partial charge in [0.15, 0.2) is 0 Å². The van der Waals surface area contributed by atoms with Crippen LogP contribution in [-0.4, -0.2) is 80.1 Å². The molecule has 0 fully saturated rings. The molecule has 228 valence electrons. The SMILES string of the molecule is NC(CC(=O)O)C(=O)NC(CCC(=O)O)C(=O)NC(Cc1c[nH]c2ccccc12)C(=O)NC(Cc1ccccc1)C(=O)O. The Bertz CT molecular complexity index is 1470. The summed E-state index contributed by atoms with van der Waals surface area (Å²) in [7, 11) is 0. The second-order valence-electron chi connectivity index (χ2n) is 9.91. The van der Waals surface area contributed by atoms with E-state index < -0.39 is 72.6 Å². The molecule has 9 N–H and O–H groups in total. The van der Waals surface area contributed by atoms with E-state index in [1.807, 2.05) is 6.07 Å². The highest BCUT2D eigenvalue weighted by Gasteiger charge is 2.31. The highest BCUT2D eigenvalue weighted by atomic mass is 16.4. The number of carboxylic acids is 3. The number of carboxylic acid groups (broad SMARTS) is 3. The summed E-state index contributed by atoms with van der Waals surface area (Å²) in [6.07, 6.45) is -0.136. The van der Waals surface area contributed by atoms with Crippen LogP contribution in [0, 0.1) is 0 Å². The minimum Gasteiger partial charge on any atom is -0.481 e. The fourth-order valence-corrected chi connectivity index (χ4v) is 4.42. The summed E-state index contributed by atoms with van der Waals surface area (Å²) in [5.41, 5.74) is 7.64. The summed E-state index contributed by atoms with van der Waals surface area (Å²) in [5, 5.41) is 35.9. The van der Waals surface area contributed by atoms with Gasteiger partial charge in [0.05, 0.1) is 12.5 Å². The van der Waals surface area contributed by atoms with E-state index in [0.717, 1.165) is 10.9 Å². The minimum atomic E-state index is -1.52. The summed E-state index contributed by atoms with van der Waals surface area (Å²) in [4.78, 5) is 76.7. The van der Waals surface area contributed by atoms with Crippen molar-refractivity contribution in [2.24, 2.45) is 5.73 Å². The minimum absolute atomic E-state index is 0.0333. The molecule has 4 unspecified atom stereocenters. The van der Waals surface area contributed by atoms with Crippen molar-refractivity contribution in [1.29, 1.82) is 0 Å². The maximum Gasteiger partial charge on any atom is 0.326 e. The first kappa shape index (κ1) is 32.3. The number of hydrogen-bond donors (Lipinski definition) is 8. The van der Waals surface area contributed by atoms with Gasteiger partial charge in [-0.1, -0.05) is 48.5 Å². The van der Waals surface area contributed by atoms with Crippen LogP contribution in [0.5, 0.6) is 0 Å². The van der Waals surface area contributed by atoms with Gasteiger partial charge in [-0.25, -0.2) is 4.79 Å². The molecule has 3 rings (SSSR count). The molecular formula is C29H33N5O9. The Morgan fingerprint density at radius 1 is 0.721 bits per heavy atom. The molecule has 0 aliphatic carbocycles. The summed E-state index contributed by atoms with van der Waals surface area (Å²) >= 11 is 0. The first-order valence-electron chi connectivity index (χ1n) is 13.4. The third-order valence-electron chi connectivity index (χ3n) is 6.64. The van der Waals surface area contributed by atoms with E-state index in [4.69, 9.17) is 15.9 Å². The molecule has 43 heavy (non-hydrogen) atoms. The zero-order valence-corrected chi connectivity index (χ0v) is 23.0. The fraction of sp³-hybridized carbons (Fsp3) is 0.310. The number of nitrogens with two attached hydrogens (primary N) is 1. The quantitative estimate of drug-likeness (QED) is 0.111. The first-order valence-corrected chi connectivity index (χ1v) is 13.4. The number of para-hydroxylation sites is 1. The first-order chi connectivity index (χ1) is 20.4. The largest absolute Gasteiger partial charge is 0.481 e. The molecule has 3 amide bonds. The van der Waals surface area contributed by atoms with Crippen molar-refractivity contribution < 1.29 is 44.1 Å². The van der Waals surface area contributed by atoms with Crippen molar-refractivity contribution in [1.82, 2.24) is 20.9 Å². The van der Waals surface area contributed by atoms with Crippen LogP contribution in [0.25, 0.3) is 10.9 Å². The normalized spacial score (nSPS) is 13.7. The molecule has 2 aromatic carbocycles. The Morgan fingerprint density at radius 2 is 1.33 bits per heavy atom. The zero-order valence-electron chi connectivity index (χ0n) is 23.0. The molecule has 0 bridgehead atoms. The molecule has 0 radical (unpaired) electrons. The van der Waals surface area contributed by atoms with Gasteiger partial charge < -0.3 is 42.0 Å². The predicted molar refractivity (Wildman–Crippen MR) is 153 cm³/mol. The van der Waals surface area contributed by atoms with E-state index in [2.05, 4.69) is 20.9 Å². The average molecular weight is 596 g/mol. The summed E-state index contributed by atoms with van der Waals surface area (Å²) in [6, 6.07) is 10.1. The number of fused-ring (bicyclic) bond motifs is 1. The highest BCUT2D eigenvalue weighted by molar-refractivity contribution is 5.95. The van der Waals surface area contributed by atoms with Crippen LogP contribution < -0.4 is 21.7 Å². The lowest BCUT2D eigenvalue weighted by molar-refractivity contribution is -0.142. The van der Waals surface area contributed by atoms with Crippen molar-refractivity contribution >= 4 is 46.5 Å². The van der Waals surface area contributed by atoms with Crippen LogP contribution in [0.2, 0.25) is 0 Å². The van der Waals surface area contributed by atoms with Crippen molar-refractivity contribution in [3.05, 3.63) is 71.9 Å². The van der Waals surface area contributed by atoms with Crippen molar-refractivity contribution in [3.8, 4) is 0 Å². The predicted octanol–water partition coefficient (Wildman–Crippen LogP) is 0.159. The van der Waals surface area contributed by atoms with Crippen molar-refractivity contribution in [2.75, 3.05) is 0 Å². The number of aromatic nitrogens is 1. The molecule has 0 aliphatic rings. The van der Waals surface area contributed by atoms with Crippen molar-refractivity contribution in [3.63, 3.8) is 0 Å². The van der Waals surface area contributed by atoms with E-state index in [0.29, 0.717) is 11.1 Å². The van der Waals surface area contributed by atoms with E-state index in [-0.39, 0.29) is 19.3 Å². The number of carbonyl (C=O) groups excluding carboxylic acids is 3. The number of H-pyrrole nitrogens is 1. The Morgan fingerprint density at radius 3 is 1.98 bits per heavy atom. The van der Waals surface area contributed by atoms with Gasteiger partial charge in [0, 0.05) is 36.4 Å². The Balaban J connectivity index is 1.87. The number of carbonyl (C=O) groups is 6. The van der Waals surface area contributed by atoms with Gasteiger partial charge in [0.2, 0.25) is 17.7 Å². The molecule has 14 heteroatoms. The number of rotatable bonds is 16. The average Bonchev–Trinajstić information content (AvgIpc) is 3.37. The van der Waals surface area contributed by atoms with Crippen LogP contribution in [0.1, 0.15) is 30.4 Å². The van der Waals surface area contributed by atoms with E-state index in [1.54, 1.807) is 54.7 Å². The maximum atomic E-state index is 13.5. The smallest absolute Gasteiger partial charge is 0.326 e. The lowest BCUT2D eigenvalue weighted by Gasteiger charge is -2.25. The molecule has 0 saturated carbocycles. The van der Waals surface area contributed by atoms with Crippen LogP contribution in [0.3, 0.4) is 0 Å². The number of nitrogens with one attached hydrogen (secondary N) is 4. The molecule has 1 heterocycles. The Labute approximate surface area is 245 Å². The van der Waals surface area contributed by atoms with Crippen LogP contribution in [0.4, 0.5) is 0 Å². The summed E-state index contributed by atoms with van der Waals surface area (Å²) in [6.45, 7) is 0. The second-order valence-corrected chi connectivity index (χ2v) is 9.91. The van der Waals surface area contributed by atoms with Gasteiger partial charge >= 0.3 is 17.9 Å². The van der Waals surface area contributed by atoms with E-state index in [9.17, 15) is 33.9 Å². The molecule has 14 nitrogen and oxygen atoms in total. The maximum absolute atomic E-state index is 13.5. The van der Waals surface area contributed by atoms with Gasteiger partial charge in [-0.05, 0) is 23.6 Å². The van der Waals surface area contributed by atoms with Gasteiger partial charge in [-0.3, -0.25) is 24.0 Å². The standard InChI is InChI=1S/C29H33N5O9/c30-19(14-25(37)38)26(39)32-21(10-11-24(35)36)27(40)33-22(13-17-15-31-20-9-5-4-8-18(17)20)28(41)34-23(29(42)43)12-16-6-2-1-3-7-16/h1-9,15,19,21-23,31H,10-14,30H2,(H,32,39)(H,33,40)(H,34,41)(H,35,36)(H,37,38)(H,42,43). The lowest BCUT2D eigenvalue weighted by atomic mass is 10.0. The van der Waals surface area contributed by atoms with Crippen LogP contribution >= 0.6 is 0 Å². The second kappa shape index (κ2) is 15.1. The number of hydrogen-bond acceptors (Lipinski definition) is 7. The molecule has 0 aliphatic heterocycles. The van der Waals surface area contributed by atoms with Gasteiger partial charge in [-0.2, -0.15) is 0 Å². The van der Waals surface area contributed by atoms with Crippen molar-refractivity contribution in [2.45, 2.75) is 56.3 Å². The molecule has 4 atom stereocenters. The Hall–Kier alpha value is -5.24. The topological polar surface area (TPSA) is 241 Å². The molecule has 1 aromatic heterocycles. The monoisotopic (exact) mass is 595 g/mol. The highest BCUT2D eigenvalue weighted by Crippen LogP contribution is 2.19. The molecule has 3 aromatic rings. The third kappa shape index (κ3) is 9.67. The number of benzene rings is 2. The summed E-state index contributed by atoms with van der Waals surface area (Å²) < 4.78 is 0. The van der Waals surface area contributed by atoms with Gasteiger partial charge in [0.25, 0.3) is 0 Å². The van der Waals surface area contributed by atoms with E-state index >= 15 is 0 Å². The molecule has 0 spiro atoms. The van der Waals surface area contributed by atoms with Crippen LogP contribution in [-0.2, 0) is 41.6 Å². The van der Waals surface area contributed by atoms with E-state index in [1.165, 1.54) is 0 Å². The summed E-state index contributed by atoms with van der Waals surface area (Å²) in [5.74, 6) is -6.68. The number of aliphatic carboxylic acids is 3. The lowest BCUT2D eigenvalue weighted by Crippen LogP contribution is -2.58. The molecular weight excluding hydrogens is 562 g/mol. The number of aromatic amines is 1.